The van der Waals surface area contributed by atoms with Crippen molar-refractivity contribution in [3.8, 4) is 0 Å². The second kappa shape index (κ2) is 5.14. The van der Waals surface area contributed by atoms with Crippen LogP contribution in [0.5, 0.6) is 0 Å². The van der Waals surface area contributed by atoms with Gasteiger partial charge >= 0.3 is 11.2 Å². The highest BCUT2D eigenvalue weighted by molar-refractivity contribution is 9.10. The summed E-state index contributed by atoms with van der Waals surface area (Å²) in [5.74, 6) is -0.958. The van der Waals surface area contributed by atoms with Crippen LogP contribution >= 0.6 is 15.9 Å². The zero-order valence-electron chi connectivity index (χ0n) is 9.18. The Morgan fingerprint density at radius 3 is 2.84 bits per heavy atom. The number of benzene rings is 1. The molecule has 9 heteroatoms. The first-order valence-electron chi connectivity index (χ1n) is 4.93. The van der Waals surface area contributed by atoms with Crippen LogP contribution in [-0.4, -0.2) is 14.9 Å². The second-order valence-electron chi connectivity index (χ2n) is 3.44. The van der Waals surface area contributed by atoms with E-state index in [0.717, 1.165) is 6.33 Å². The topological polar surface area (TPSA) is 101 Å². The van der Waals surface area contributed by atoms with Gasteiger partial charge in [0.15, 0.2) is 0 Å². The third-order valence-corrected chi connectivity index (χ3v) is 2.69. The molecule has 7 nitrogen and oxygen atoms in total. The summed E-state index contributed by atoms with van der Waals surface area (Å²) in [7, 11) is 0. The third kappa shape index (κ3) is 2.76. The van der Waals surface area contributed by atoms with Crippen LogP contribution in [0.3, 0.4) is 0 Å². The Morgan fingerprint density at radius 2 is 2.21 bits per heavy atom. The Bertz CT molecular complexity index is 703. The average molecular weight is 329 g/mol. The highest BCUT2D eigenvalue weighted by Crippen LogP contribution is 2.25. The van der Waals surface area contributed by atoms with Gasteiger partial charge in [-0.05, 0) is 18.2 Å². The molecule has 98 valence electrons. The number of H-pyrrole nitrogens is 1. The number of nitrogens with zero attached hydrogens (tertiary/aromatic N) is 2. The Balaban J connectivity index is 2.47. The molecular weight excluding hydrogens is 323 g/mol. The van der Waals surface area contributed by atoms with Crippen molar-refractivity contribution in [3.05, 3.63) is 55.3 Å². The van der Waals surface area contributed by atoms with Crippen LogP contribution < -0.4 is 10.9 Å². The van der Waals surface area contributed by atoms with Gasteiger partial charge in [-0.1, -0.05) is 15.9 Å². The van der Waals surface area contributed by atoms with Crippen molar-refractivity contribution < 1.29 is 9.31 Å². The molecule has 1 aromatic carbocycles. The van der Waals surface area contributed by atoms with Crippen molar-refractivity contribution >= 4 is 33.1 Å². The summed E-state index contributed by atoms with van der Waals surface area (Å²) >= 11 is 3.08. The van der Waals surface area contributed by atoms with Crippen LogP contribution in [0.2, 0.25) is 0 Å². The van der Waals surface area contributed by atoms with Gasteiger partial charge in [-0.15, -0.1) is 0 Å². The monoisotopic (exact) mass is 328 g/mol. The first-order chi connectivity index (χ1) is 8.99. The highest BCUT2D eigenvalue weighted by Gasteiger charge is 2.21. The quantitative estimate of drug-likeness (QED) is 0.665. The second-order valence-corrected chi connectivity index (χ2v) is 4.35. The molecule has 0 unspecified atom stereocenters. The van der Waals surface area contributed by atoms with E-state index in [1.54, 1.807) is 6.07 Å². The molecule has 0 bridgehead atoms. The van der Waals surface area contributed by atoms with E-state index in [9.17, 15) is 19.3 Å². The fourth-order valence-electron chi connectivity index (χ4n) is 1.37. The van der Waals surface area contributed by atoms with E-state index in [0.29, 0.717) is 4.47 Å². The lowest BCUT2D eigenvalue weighted by Gasteiger charge is -2.06. The molecule has 0 aliphatic rings. The van der Waals surface area contributed by atoms with Crippen LogP contribution in [0.1, 0.15) is 0 Å². The maximum atomic E-state index is 13.6. The van der Waals surface area contributed by atoms with Crippen molar-refractivity contribution in [2.75, 3.05) is 5.32 Å². The van der Waals surface area contributed by atoms with Gasteiger partial charge in [0.25, 0.3) is 0 Å². The molecule has 0 spiro atoms. The molecule has 2 rings (SSSR count). The Hall–Kier alpha value is -2.29. The predicted octanol–water partition coefficient (Wildman–Crippen LogP) is 2.32. The largest absolute Gasteiger partial charge is 0.376 e. The van der Waals surface area contributed by atoms with E-state index in [2.05, 4.69) is 31.2 Å². The standard InChI is InChI=1S/C10H6BrFN4O3/c11-5-1-2-7(6(12)3-5)15-9-8(16(18)19)10(17)14-4-13-9/h1-4H,(H2,13,14,15,17). The van der Waals surface area contributed by atoms with Crippen LogP contribution in [0, 0.1) is 15.9 Å². The summed E-state index contributed by atoms with van der Waals surface area (Å²) < 4.78 is 14.1. The normalized spacial score (nSPS) is 10.2. The van der Waals surface area contributed by atoms with Gasteiger partial charge < -0.3 is 10.3 Å². The molecule has 0 amide bonds. The Labute approximate surface area is 113 Å². The maximum Gasteiger partial charge on any atom is 0.376 e. The fraction of sp³-hybridized carbons (Fsp3) is 0. The lowest BCUT2D eigenvalue weighted by Crippen LogP contribution is -2.14. The maximum absolute atomic E-state index is 13.6. The molecule has 0 radical (unpaired) electrons. The van der Waals surface area contributed by atoms with E-state index in [-0.39, 0.29) is 11.5 Å². The molecule has 0 fully saturated rings. The molecule has 0 atom stereocenters. The van der Waals surface area contributed by atoms with Crippen LogP contribution in [0.25, 0.3) is 0 Å². The minimum absolute atomic E-state index is 0.0237. The van der Waals surface area contributed by atoms with Crippen molar-refractivity contribution in [1.82, 2.24) is 9.97 Å². The van der Waals surface area contributed by atoms with Crippen molar-refractivity contribution in [2.45, 2.75) is 0 Å². The lowest BCUT2D eigenvalue weighted by molar-refractivity contribution is -0.385. The van der Waals surface area contributed by atoms with E-state index in [1.165, 1.54) is 12.1 Å². The zero-order chi connectivity index (χ0) is 14.0. The summed E-state index contributed by atoms with van der Waals surface area (Å²) in [4.78, 5) is 26.9. The molecule has 0 aliphatic carbocycles. The van der Waals surface area contributed by atoms with E-state index in [4.69, 9.17) is 0 Å². The van der Waals surface area contributed by atoms with Crippen molar-refractivity contribution in [2.24, 2.45) is 0 Å². The summed E-state index contributed by atoms with van der Waals surface area (Å²) in [6.45, 7) is 0. The van der Waals surface area contributed by atoms with Crippen LogP contribution in [0.4, 0.5) is 21.6 Å². The number of nitro groups is 1. The van der Waals surface area contributed by atoms with Gasteiger partial charge in [0, 0.05) is 4.47 Å². The average Bonchev–Trinajstić information content (AvgIpc) is 2.32. The van der Waals surface area contributed by atoms with Gasteiger partial charge in [0.1, 0.15) is 5.82 Å². The summed E-state index contributed by atoms with van der Waals surface area (Å²) in [5.41, 5.74) is -1.71. The highest BCUT2D eigenvalue weighted by atomic mass is 79.9. The molecule has 0 saturated carbocycles. The van der Waals surface area contributed by atoms with Gasteiger partial charge in [-0.25, -0.2) is 9.37 Å². The Morgan fingerprint density at radius 1 is 1.47 bits per heavy atom. The number of anilines is 2. The number of halogens is 2. The molecule has 19 heavy (non-hydrogen) atoms. The van der Waals surface area contributed by atoms with Gasteiger partial charge in [-0.3, -0.25) is 14.9 Å². The molecule has 2 aromatic rings. The Kier molecular flexibility index (Phi) is 3.56. The number of hydrogen-bond acceptors (Lipinski definition) is 5. The first kappa shape index (κ1) is 13.1. The number of rotatable bonds is 3. The van der Waals surface area contributed by atoms with Crippen LogP contribution in [-0.2, 0) is 0 Å². The molecule has 0 aliphatic heterocycles. The predicted molar refractivity (Wildman–Crippen MR) is 68.9 cm³/mol. The third-order valence-electron chi connectivity index (χ3n) is 2.20. The summed E-state index contributed by atoms with van der Waals surface area (Å²) in [5, 5.41) is 13.2. The van der Waals surface area contributed by atoms with E-state index >= 15 is 0 Å². The molecule has 0 saturated heterocycles. The van der Waals surface area contributed by atoms with E-state index in [1.807, 2.05) is 0 Å². The van der Waals surface area contributed by atoms with Gasteiger partial charge in [0.2, 0.25) is 5.82 Å². The molecular formula is C10H6BrFN4O3. The van der Waals surface area contributed by atoms with Gasteiger partial charge in [0.05, 0.1) is 16.9 Å². The number of aromatic amines is 1. The smallest absolute Gasteiger partial charge is 0.332 e. The SMILES string of the molecule is O=c1[nH]cnc(Nc2ccc(Br)cc2F)c1[N+](=O)[O-]. The molecule has 1 heterocycles. The summed E-state index contributed by atoms with van der Waals surface area (Å²) in [6, 6.07) is 4.10. The zero-order valence-corrected chi connectivity index (χ0v) is 10.8. The van der Waals surface area contributed by atoms with Crippen molar-refractivity contribution in [3.63, 3.8) is 0 Å². The first-order valence-corrected chi connectivity index (χ1v) is 5.72. The van der Waals surface area contributed by atoms with E-state index < -0.39 is 22.0 Å². The lowest BCUT2D eigenvalue weighted by atomic mass is 10.3. The molecule has 1 aromatic heterocycles. The molecule has 2 N–H and O–H groups in total. The number of nitrogens with one attached hydrogen (secondary N) is 2. The fourth-order valence-corrected chi connectivity index (χ4v) is 1.70. The van der Waals surface area contributed by atoms with Gasteiger partial charge in [-0.2, -0.15) is 0 Å². The van der Waals surface area contributed by atoms with Crippen LogP contribution in [0.15, 0.2) is 33.8 Å². The summed E-state index contributed by atoms with van der Waals surface area (Å²) in [6.07, 6.45) is 0.994. The minimum atomic E-state index is -0.917. The minimum Gasteiger partial charge on any atom is -0.332 e. The number of hydrogen-bond donors (Lipinski definition) is 2. The number of aromatic nitrogens is 2. The van der Waals surface area contributed by atoms with Crippen molar-refractivity contribution in [1.29, 1.82) is 0 Å².